The maximum Gasteiger partial charge on any atom is 0.238 e. The van der Waals surface area contributed by atoms with Crippen molar-refractivity contribution in [3.63, 3.8) is 0 Å². The van der Waals surface area contributed by atoms with Gasteiger partial charge in [0, 0.05) is 19.3 Å². The van der Waals surface area contributed by atoms with Crippen LogP contribution < -0.4 is 10.1 Å². The van der Waals surface area contributed by atoms with Gasteiger partial charge in [0.15, 0.2) is 0 Å². The average Bonchev–Trinajstić information content (AvgIpc) is 2.40. The summed E-state index contributed by atoms with van der Waals surface area (Å²) in [5, 5.41) is 2.84. The molecule has 2 rings (SSSR count). The molecule has 0 atom stereocenters. The largest absolute Gasteiger partial charge is 0.480 e. The Labute approximate surface area is 112 Å². The number of aromatic nitrogens is 1. The molecule has 104 valence electrons. The van der Waals surface area contributed by atoms with E-state index in [9.17, 15) is 4.79 Å². The maximum atomic E-state index is 12.0. The fourth-order valence-corrected chi connectivity index (χ4v) is 1.96. The van der Waals surface area contributed by atoms with E-state index < -0.39 is 0 Å². The van der Waals surface area contributed by atoms with Crippen LogP contribution in [0.15, 0.2) is 12.3 Å². The van der Waals surface area contributed by atoms with Crippen molar-refractivity contribution in [1.29, 1.82) is 0 Å². The van der Waals surface area contributed by atoms with Crippen LogP contribution in [0.1, 0.15) is 5.56 Å². The Balaban J connectivity index is 1.95. The predicted molar refractivity (Wildman–Crippen MR) is 71.4 cm³/mol. The Bertz CT molecular complexity index is 445. The molecule has 1 fully saturated rings. The monoisotopic (exact) mass is 265 g/mol. The van der Waals surface area contributed by atoms with Crippen molar-refractivity contribution >= 4 is 11.6 Å². The summed E-state index contributed by atoms with van der Waals surface area (Å²) in [7, 11) is 1.54. The first-order valence-electron chi connectivity index (χ1n) is 6.29. The first kappa shape index (κ1) is 13.8. The van der Waals surface area contributed by atoms with Crippen molar-refractivity contribution in [2.24, 2.45) is 0 Å². The molecule has 0 saturated carbocycles. The molecule has 1 aromatic heterocycles. The van der Waals surface area contributed by atoms with Crippen LogP contribution in [0, 0.1) is 6.92 Å². The molecule has 19 heavy (non-hydrogen) atoms. The van der Waals surface area contributed by atoms with Crippen LogP contribution in [0.3, 0.4) is 0 Å². The normalized spacial score (nSPS) is 16.1. The number of morpholine rings is 1. The molecular formula is C13H19N3O3. The second-order valence-corrected chi connectivity index (χ2v) is 4.51. The molecule has 1 saturated heterocycles. The highest BCUT2D eigenvalue weighted by Crippen LogP contribution is 2.21. The molecule has 2 heterocycles. The Morgan fingerprint density at radius 1 is 1.53 bits per heavy atom. The lowest BCUT2D eigenvalue weighted by atomic mass is 10.3. The van der Waals surface area contributed by atoms with Crippen molar-refractivity contribution in [2.75, 3.05) is 45.3 Å². The Hall–Kier alpha value is -1.66. The quantitative estimate of drug-likeness (QED) is 0.867. The third-order valence-corrected chi connectivity index (χ3v) is 2.93. The van der Waals surface area contributed by atoms with Crippen LogP contribution in [-0.4, -0.2) is 55.7 Å². The molecule has 0 bridgehead atoms. The standard InChI is InChI=1S/C13H19N3O3/c1-10-7-11(13(18-2)14-8-10)15-12(17)9-16-3-5-19-6-4-16/h7-8H,3-6,9H2,1-2H3,(H,15,17). The van der Waals surface area contributed by atoms with Gasteiger partial charge in [-0.1, -0.05) is 0 Å². The molecule has 6 nitrogen and oxygen atoms in total. The predicted octanol–water partition coefficient (Wildman–Crippen LogP) is 0.669. The van der Waals surface area contributed by atoms with E-state index in [1.807, 2.05) is 13.0 Å². The number of ether oxygens (including phenoxy) is 2. The molecule has 1 N–H and O–H groups in total. The lowest BCUT2D eigenvalue weighted by molar-refractivity contribution is -0.118. The average molecular weight is 265 g/mol. The minimum absolute atomic E-state index is 0.0624. The van der Waals surface area contributed by atoms with E-state index >= 15 is 0 Å². The van der Waals surface area contributed by atoms with E-state index in [1.165, 1.54) is 7.11 Å². The number of rotatable bonds is 4. The fourth-order valence-electron chi connectivity index (χ4n) is 1.96. The number of anilines is 1. The minimum atomic E-state index is -0.0624. The van der Waals surface area contributed by atoms with Crippen LogP contribution in [0.25, 0.3) is 0 Å². The van der Waals surface area contributed by atoms with Gasteiger partial charge in [-0.15, -0.1) is 0 Å². The van der Waals surface area contributed by atoms with E-state index in [0.29, 0.717) is 31.3 Å². The van der Waals surface area contributed by atoms with Crippen molar-refractivity contribution in [2.45, 2.75) is 6.92 Å². The third kappa shape index (κ3) is 3.90. The number of hydrogen-bond acceptors (Lipinski definition) is 5. The summed E-state index contributed by atoms with van der Waals surface area (Å²) in [6, 6.07) is 1.85. The van der Waals surface area contributed by atoms with Crippen molar-refractivity contribution in [1.82, 2.24) is 9.88 Å². The number of hydrogen-bond donors (Lipinski definition) is 1. The molecule has 0 radical (unpaired) electrons. The topological polar surface area (TPSA) is 63.7 Å². The van der Waals surface area contributed by atoms with Gasteiger partial charge in [0.2, 0.25) is 11.8 Å². The Morgan fingerprint density at radius 2 is 2.26 bits per heavy atom. The summed E-state index contributed by atoms with van der Waals surface area (Å²) in [5.74, 6) is 0.369. The van der Waals surface area contributed by atoms with E-state index in [1.54, 1.807) is 6.20 Å². The molecule has 0 aliphatic carbocycles. The third-order valence-electron chi connectivity index (χ3n) is 2.93. The zero-order chi connectivity index (χ0) is 13.7. The van der Waals surface area contributed by atoms with E-state index in [4.69, 9.17) is 9.47 Å². The van der Waals surface area contributed by atoms with Crippen molar-refractivity contribution in [3.05, 3.63) is 17.8 Å². The fraction of sp³-hybridized carbons (Fsp3) is 0.538. The van der Waals surface area contributed by atoms with Gasteiger partial charge in [0.05, 0.1) is 26.9 Å². The Kier molecular flexibility index (Phi) is 4.70. The van der Waals surface area contributed by atoms with Gasteiger partial charge >= 0.3 is 0 Å². The zero-order valence-corrected chi connectivity index (χ0v) is 11.3. The van der Waals surface area contributed by atoms with Gasteiger partial charge in [-0.25, -0.2) is 4.98 Å². The van der Waals surface area contributed by atoms with Gasteiger partial charge in [0.25, 0.3) is 0 Å². The van der Waals surface area contributed by atoms with Gasteiger partial charge in [0.1, 0.15) is 5.69 Å². The number of nitrogens with one attached hydrogen (secondary N) is 1. The lowest BCUT2D eigenvalue weighted by Gasteiger charge is -2.25. The summed E-state index contributed by atoms with van der Waals surface area (Å²) >= 11 is 0. The smallest absolute Gasteiger partial charge is 0.238 e. The second-order valence-electron chi connectivity index (χ2n) is 4.51. The number of carbonyl (C=O) groups excluding carboxylic acids is 1. The summed E-state index contributed by atoms with van der Waals surface area (Å²) in [5.41, 5.74) is 1.59. The van der Waals surface area contributed by atoms with Crippen LogP contribution in [0.2, 0.25) is 0 Å². The van der Waals surface area contributed by atoms with Crippen molar-refractivity contribution in [3.8, 4) is 5.88 Å². The molecule has 0 spiro atoms. The van der Waals surface area contributed by atoms with E-state index in [2.05, 4.69) is 15.2 Å². The van der Waals surface area contributed by atoms with Crippen LogP contribution in [-0.2, 0) is 9.53 Å². The first-order chi connectivity index (χ1) is 9.19. The number of nitrogens with zero attached hydrogens (tertiary/aromatic N) is 2. The zero-order valence-electron chi connectivity index (χ0n) is 11.3. The van der Waals surface area contributed by atoms with Crippen LogP contribution in [0.5, 0.6) is 5.88 Å². The van der Waals surface area contributed by atoms with E-state index in [0.717, 1.165) is 18.7 Å². The second kappa shape index (κ2) is 6.49. The van der Waals surface area contributed by atoms with Crippen molar-refractivity contribution < 1.29 is 14.3 Å². The molecule has 6 heteroatoms. The number of aryl methyl sites for hydroxylation is 1. The molecule has 1 aliphatic heterocycles. The van der Waals surface area contributed by atoms with Crippen LogP contribution in [0.4, 0.5) is 5.69 Å². The number of carbonyl (C=O) groups is 1. The molecule has 1 aromatic rings. The highest BCUT2D eigenvalue weighted by molar-refractivity contribution is 5.93. The van der Waals surface area contributed by atoms with E-state index in [-0.39, 0.29) is 5.91 Å². The minimum Gasteiger partial charge on any atom is -0.480 e. The molecule has 0 unspecified atom stereocenters. The highest BCUT2D eigenvalue weighted by Gasteiger charge is 2.15. The van der Waals surface area contributed by atoms with Gasteiger partial charge in [-0.3, -0.25) is 9.69 Å². The summed E-state index contributed by atoms with van der Waals surface area (Å²) < 4.78 is 10.4. The molecular weight excluding hydrogens is 246 g/mol. The molecule has 1 amide bonds. The lowest BCUT2D eigenvalue weighted by Crippen LogP contribution is -2.41. The summed E-state index contributed by atoms with van der Waals surface area (Å²) in [6.45, 7) is 5.23. The highest BCUT2D eigenvalue weighted by atomic mass is 16.5. The van der Waals surface area contributed by atoms with Gasteiger partial charge in [-0.05, 0) is 18.6 Å². The van der Waals surface area contributed by atoms with Crippen LogP contribution >= 0.6 is 0 Å². The molecule has 0 aromatic carbocycles. The summed E-state index contributed by atoms with van der Waals surface area (Å²) in [6.07, 6.45) is 1.70. The maximum absolute atomic E-state index is 12.0. The number of pyridine rings is 1. The first-order valence-corrected chi connectivity index (χ1v) is 6.29. The SMILES string of the molecule is COc1ncc(C)cc1NC(=O)CN1CCOCC1. The summed E-state index contributed by atoms with van der Waals surface area (Å²) in [4.78, 5) is 18.2. The number of amides is 1. The molecule has 1 aliphatic rings. The van der Waals surface area contributed by atoms with Gasteiger partial charge < -0.3 is 14.8 Å². The number of methoxy groups -OCH3 is 1. The van der Waals surface area contributed by atoms with Gasteiger partial charge in [-0.2, -0.15) is 0 Å². The Morgan fingerprint density at radius 3 is 2.95 bits per heavy atom.